The zero-order chi connectivity index (χ0) is 12.1. The highest BCUT2D eigenvalue weighted by Crippen LogP contribution is 2.23. The molecular weight excluding hydrogens is 204 g/mol. The largest absolute Gasteiger partial charge is 0.393 e. The summed E-state index contributed by atoms with van der Waals surface area (Å²) >= 11 is 0. The molecule has 0 heterocycles. The number of nitrogens with one attached hydrogen (secondary N) is 1. The van der Waals surface area contributed by atoms with Gasteiger partial charge in [0, 0.05) is 14.1 Å². The molecule has 0 aliphatic heterocycles. The molecule has 1 unspecified atom stereocenters. The SMILES string of the molecule is CC(NCC1CCC(O)CC1)C(=O)N(C)C. The van der Waals surface area contributed by atoms with E-state index in [1.165, 1.54) is 0 Å². The smallest absolute Gasteiger partial charge is 0.238 e. The molecule has 0 saturated heterocycles. The van der Waals surface area contributed by atoms with Crippen molar-refractivity contribution in [1.82, 2.24) is 10.2 Å². The summed E-state index contributed by atoms with van der Waals surface area (Å²) in [5.74, 6) is 0.733. The molecule has 0 aromatic rings. The summed E-state index contributed by atoms with van der Waals surface area (Å²) in [5, 5.41) is 12.7. The highest BCUT2D eigenvalue weighted by Gasteiger charge is 2.21. The van der Waals surface area contributed by atoms with Crippen molar-refractivity contribution >= 4 is 5.91 Å². The van der Waals surface area contributed by atoms with Crippen LogP contribution in [0.25, 0.3) is 0 Å². The van der Waals surface area contributed by atoms with Crippen LogP contribution >= 0.6 is 0 Å². The Labute approximate surface area is 98.0 Å². The molecule has 1 aliphatic carbocycles. The lowest BCUT2D eigenvalue weighted by atomic mass is 9.87. The van der Waals surface area contributed by atoms with Crippen LogP contribution in [0.5, 0.6) is 0 Å². The number of carbonyl (C=O) groups excluding carboxylic acids is 1. The lowest BCUT2D eigenvalue weighted by Crippen LogP contribution is -2.43. The minimum Gasteiger partial charge on any atom is -0.393 e. The van der Waals surface area contributed by atoms with Crippen molar-refractivity contribution in [1.29, 1.82) is 0 Å². The second kappa shape index (κ2) is 6.21. The average molecular weight is 228 g/mol. The van der Waals surface area contributed by atoms with Gasteiger partial charge in [0.1, 0.15) is 0 Å². The van der Waals surface area contributed by atoms with E-state index in [1.54, 1.807) is 19.0 Å². The van der Waals surface area contributed by atoms with Crippen molar-refractivity contribution < 1.29 is 9.90 Å². The molecule has 0 bridgehead atoms. The van der Waals surface area contributed by atoms with E-state index in [2.05, 4.69) is 5.32 Å². The van der Waals surface area contributed by atoms with E-state index >= 15 is 0 Å². The third kappa shape index (κ3) is 4.10. The maximum absolute atomic E-state index is 11.6. The number of nitrogens with zero attached hydrogens (tertiary/aromatic N) is 1. The Bertz CT molecular complexity index is 223. The fourth-order valence-corrected chi connectivity index (χ4v) is 2.17. The quantitative estimate of drug-likeness (QED) is 0.741. The van der Waals surface area contributed by atoms with Crippen LogP contribution in [0.3, 0.4) is 0 Å². The molecular formula is C12H24N2O2. The number of hydrogen-bond donors (Lipinski definition) is 2. The molecule has 1 amide bonds. The zero-order valence-electron chi connectivity index (χ0n) is 10.6. The van der Waals surface area contributed by atoms with Crippen LogP contribution in [0.1, 0.15) is 32.6 Å². The Morgan fingerprint density at radius 2 is 1.94 bits per heavy atom. The van der Waals surface area contributed by atoms with Gasteiger partial charge in [0.2, 0.25) is 5.91 Å². The molecule has 1 fully saturated rings. The van der Waals surface area contributed by atoms with Gasteiger partial charge in [-0.05, 0) is 45.1 Å². The molecule has 1 atom stereocenters. The second-order valence-corrected chi connectivity index (χ2v) is 5.04. The summed E-state index contributed by atoms with van der Waals surface area (Å²) in [5.41, 5.74) is 0. The maximum Gasteiger partial charge on any atom is 0.238 e. The molecule has 1 aliphatic rings. The number of hydrogen-bond acceptors (Lipinski definition) is 3. The highest BCUT2D eigenvalue weighted by molar-refractivity contribution is 5.80. The van der Waals surface area contributed by atoms with Crippen molar-refractivity contribution in [2.45, 2.75) is 44.8 Å². The van der Waals surface area contributed by atoms with E-state index in [9.17, 15) is 9.90 Å². The summed E-state index contributed by atoms with van der Waals surface area (Å²) in [7, 11) is 3.55. The van der Waals surface area contributed by atoms with Crippen molar-refractivity contribution in [2.24, 2.45) is 5.92 Å². The van der Waals surface area contributed by atoms with Crippen LogP contribution in [-0.2, 0) is 4.79 Å². The van der Waals surface area contributed by atoms with Crippen molar-refractivity contribution in [3.63, 3.8) is 0 Å². The Morgan fingerprint density at radius 3 is 2.44 bits per heavy atom. The number of aliphatic hydroxyl groups excluding tert-OH is 1. The van der Waals surface area contributed by atoms with Gasteiger partial charge in [-0.2, -0.15) is 0 Å². The number of amides is 1. The highest BCUT2D eigenvalue weighted by atomic mass is 16.3. The molecule has 2 N–H and O–H groups in total. The molecule has 0 radical (unpaired) electrons. The Hall–Kier alpha value is -0.610. The zero-order valence-corrected chi connectivity index (χ0v) is 10.6. The first-order valence-corrected chi connectivity index (χ1v) is 6.13. The molecule has 0 aromatic heterocycles. The molecule has 4 heteroatoms. The van der Waals surface area contributed by atoms with E-state index in [-0.39, 0.29) is 18.1 Å². The summed E-state index contributed by atoms with van der Waals surface area (Å²) in [4.78, 5) is 13.2. The van der Waals surface area contributed by atoms with E-state index in [1.807, 2.05) is 6.92 Å². The molecule has 1 rings (SSSR count). The molecule has 0 spiro atoms. The maximum atomic E-state index is 11.6. The van der Waals surface area contributed by atoms with Gasteiger partial charge < -0.3 is 15.3 Å². The van der Waals surface area contributed by atoms with Crippen LogP contribution in [0.2, 0.25) is 0 Å². The third-order valence-electron chi connectivity index (χ3n) is 3.34. The monoisotopic (exact) mass is 228 g/mol. The first-order valence-electron chi connectivity index (χ1n) is 6.13. The van der Waals surface area contributed by atoms with Crippen LogP contribution in [0, 0.1) is 5.92 Å². The standard InChI is InChI=1S/C12H24N2O2/c1-9(12(16)14(2)3)13-8-10-4-6-11(15)7-5-10/h9-11,13,15H,4-8H2,1-3H3. The minimum atomic E-state index is -0.109. The average Bonchev–Trinajstić information content (AvgIpc) is 2.26. The molecule has 0 aromatic carbocycles. The van der Waals surface area contributed by atoms with Crippen LogP contribution in [-0.4, -0.2) is 48.7 Å². The predicted octanol–water partition coefficient (Wildman–Crippen LogP) is 0.604. The topological polar surface area (TPSA) is 52.6 Å². The van der Waals surface area contributed by atoms with E-state index in [0.29, 0.717) is 5.92 Å². The summed E-state index contributed by atoms with van der Waals surface area (Å²) in [6.45, 7) is 2.79. The Morgan fingerprint density at radius 1 is 1.38 bits per heavy atom. The predicted molar refractivity (Wildman–Crippen MR) is 64.1 cm³/mol. The lowest BCUT2D eigenvalue weighted by molar-refractivity contribution is -0.130. The minimum absolute atomic E-state index is 0.0999. The van der Waals surface area contributed by atoms with Crippen molar-refractivity contribution in [2.75, 3.05) is 20.6 Å². The summed E-state index contributed by atoms with van der Waals surface area (Å²) < 4.78 is 0. The van der Waals surface area contributed by atoms with Crippen molar-refractivity contribution in [3.05, 3.63) is 0 Å². The van der Waals surface area contributed by atoms with Gasteiger partial charge in [-0.1, -0.05) is 0 Å². The lowest BCUT2D eigenvalue weighted by Gasteiger charge is -2.27. The van der Waals surface area contributed by atoms with Crippen LogP contribution < -0.4 is 5.32 Å². The molecule has 1 saturated carbocycles. The number of rotatable bonds is 4. The number of aliphatic hydroxyl groups is 1. The first-order chi connectivity index (χ1) is 7.50. The van der Waals surface area contributed by atoms with Crippen LogP contribution in [0.15, 0.2) is 0 Å². The van der Waals surface area contributed by atoms with Gasteiger partial charge in [0.25, 0.3) is 0 Å². The Kier molecular flexibility index (Phi) is 5.22. The molecule has 16 heavy (non-hydrogen) atoms. The van der Waals surface area contributed by atoms with E-state index in [0.717, 1.165) is 32.2 Å². The normalized spacial score (nSPS) is 27.5. The third-order valence-corrected chi connectivity index (χ3v) is 3.34. The van der Waals surface area contributed by atoms with Gasteiger partial charge in [-0.3, -0.25) is 4.79 Å². The fourth-order valence-electron chi connectivity index (χ4n) is 2.17. The molecule has 94 valence electrons. The number of likely N-dealkylation sites (N-methyl/N-ethyl adjacent to an activating group) is 1. The van der Waals surface area contributed by atoms with E-state index < -0.39 is 0 Å². The second-order valence-electron chi connectivity index (χ2n) is 5.04. The van der Waals surface area contributed by atoms with Gasteiger partial charge in [0.05, 0.1) is 12.1 Å². The van der Waals surface area contributed by atoms with Crippen molar-refractivity contribution in [3.8, 4) is 0 Å². The van der Waals surface area contributed by atoms with E-state index in [4.69, 9.17) is 0 Å². The van der Waals surface area contributed by atoms with Gasteiger partial charge in [-0.25, -0.2) is 0 Å². The number of carbonyl (C=O) groups is 1. The summed E-state index contributed by atoms with van der Waals surface area (Å²) in [6.07, 6.45) is 3.84. The van der Waals surface area contributed by atoms with Gasteiger partial charge in [0.15, 0.2) is 0 Å². The van der Waals surface area contributed by atoms with Gasteiger partial charge >= 0.3 is 0 Å². The van der Waals surface area contributed by atoms with Gasteiger partial charge in [-0.15, -0.1) is 0 Å². The Balaban J connectivity index is 2.21. The molecule has 4 nitrogen and oxygen atoms in total. The fraction of sp³-hybridized carbons (Fsp3) is 0.917. The summed E-state index contributed by atoms with van der Waals surface area (Å²) in [6, 6.07) is -0.109. The first kappa shape index (κ1) is 13.5. The van der Waals surface area contributed by atoms with Crippen LogP contribution in [0.4, 0.5) is 0 Å².